The van der Waals surface area contributed by atoms with Crippen LogP contribution in [0.2, 0.25) is 0 Å². The number of aryl methyl sites for hydroxylation is 1. The van der Waals surface area contributed by atoms with Gasteiger partial charge in [-0.1, -0.05) is 24.3 Å². The summed E-state index contributed by atoms with van der Waals surface area (Å²) in [5.74, 6) is -0.130. The Labute approximate surface area is 103 Å². The standard InChI is InChI=1S/C14H21NO2/c1-12-7-4-5-8-13(12)11-15(2)10-6-9-14(16)17-3/h4-5,7-8H,6,9-11H2,1-3H3. The molecule has 94 valence electrons. The molecule has 1 aromatic carbocycles. The largest absolute Gasteiger partial charge is 0.469 e. The minimum absolute atomic E-state index is 0.130. The van der Waals surface area contributed by atoms with Crippen molar-refractivity contribution in [1.82, 2.24) is 4.90 Å². The highest BCUT2D eigenvalue weighted by Gasteiger charge is 2.04. The lowest BCUT2D eigenvalue weighted by molar-refractivity contribution is -0.140. The normalized spacial score (nSPS) is 10.6. The molecular formula is C14H21NO2. The van der Waals surface area contributed by atoms with Gasteiger partial charge in [0.05, 0.1) is 7.11 Å². The van der Waals surface area contributed by atoms with E-state index in [0.717, 1.165) is 19.5 Å². The lowest BCUT2D eigenvalue weighted by Crippen LogP contribution is -2.20. The van der Waals surface area contributed by atoms with Gasteiger partial charge in [-0.25, -0.2) is 0 Å². The molecule has 0 aliphatic heterocycles. The van der Waals surface area contributed by atoms with Crippen LogP contribution in [0.25, 0.3) is 0 Å². The number of benzene rings is 1. The molecule has 0 N–H and O–H groups in total. The third-order valence-corrected chi connectivity index (χ3v) is 2.85. The van der Waals surface area contributed by atoms with Gasteiger partial charge in [0, 0.05) is 13.0 Å². The van der Waals surface area contributed by atoms with E-state index in [4.69, 9.17) is 0 Å². The summed E-state index contributed by atoms with van der Waals surface area (Å²) >= 11 is 0. The maximum atomic E-state index is 11.0. The zero-order valence-corrected chi connectivity index (χ0v) is 10.9. The van der Waals surface area contributed by atoms with Gasteiger partial charge in [0.1, 0.15) is 0 Å². The number of hydrogen-bond donors (Lipinski definition) is 0. The van der Waals surface area contributed by atoms with Crippen molar-refractivity contribution in [1.29, 1.82) is 0 Å². The Morgan fingerprint density at radius 3 is 2.71 bits per heavy atom. The van der Waals surface area contributed by atoms with Crippen LogP contribution in [0.3, 0.4) is 0 Å². The first-order valence-corrected chi connectivity index (χ1v) is 5.93. The molecular weight excluding hydrogens is 214 g/mol. The van der Waals surface area contributed by atoms with Gasteiger partial charge in [0.25, 0.3) is 0 Å². The number of methoxy groups -OCH3 is 1. The van der Waals surface area contributed by atoms with Crippen molar-refractivity contribution in [2.75, 3.05) is 20.7 Å². The van der Waals surface area contributed by atoms with Crippen molar-refractivity contribution in [3.63, 3.8) is 0 Å². The molecule has 0 aromatic heterocycles. The number of hydrogen-bond acceptors (Lipinski definition) is 3. The minimum Gasteiger partial charge on any atom is -0.469 e. The Morgan fingerprint density at radius 2 is 2.06 bits per heavy atom. The Morgan fingerprint density at radius 1 is 1.35 bits per heavy atom. The monoisotopic (exact) mass is 235 g/mol. The number of carbonyl (C=O) groups excluding carboxylic acids is 1. The summed E-state index contributed by atoms with van der Waals surface area (Å²) in [4.78, 5) is 13.2. The van der Waals surface area contributed by atoms with E-state index in [-0.39, 0.29) is 5.97 Å². The van der Waals surface area contributed by atoms with Gasteiger partial charge >= 0.3 is 5.97 Å². The van der Waals surface area contributed by atoms with Crippen LogP contribution in [-0.2, 0) is 16.1 Å². The Bertz CT molecular complexity index is 363. The van der Waals surface area contributed by atoms with Gasteiger partial charge in [-0.15, -0.1) is 0 Å². The average molecular weight is 235 g/mol. The fourth-order valence-electron chi connectivity index (χ4n) is 1.75. The summed E-state index contributed by atoms with van der Waals surface area (Å²) in [5, 5.41) is 0. The lowest BCUT2D eigenvalue weighted by Gasteiger charge is -2.17. The highest BCUT2D eigenvalue weighted by atomic mass is 16.5. The van der Waals surface area contributed by atoms with Gasteiger partial charge in [-0.2, -0.15) is 0 Å². The molecule has 1 rings (SSSR count). The first-order chi connectivity index (χ1) is 8.13. The van der Waals surface area contributed by atoms with Crippen LogP contribution in [0.5, 0.6) is 0 Å². The highest BCUT2D eigenvalue weighted by Crippen LogP contribution is 2.09. The molecule has 1 aromatic rings. The smallest absolute Gasteiger partial charge is 0.305 e. The third-order valence-electron chi connectivity index (χ3n) is 2.85. The van der Waals surface area contributed by atoms with Crippen LogP contribution >= 0.6 is 0 Å². The van der Waals surface area contributed by atoms with Crippen molar-refractivity contribution in [3.8, 4) is 0 Å². The molecule has 0 unspecified atom stereocenters. The number of esters is 1. The van der Waals surface area contributed by atoms with E-state index in [2.05, 4.69) is 47.9 Å². The highest BCUT2D eigenvalue weighted by molar-refractivity contribution is 5.69. The maximum Gasteiger partial charge on any atom is 0.305 e. The van der Waals surface area contributed by atoms with Crippen LogP contribution in [-0.4, -0.2) is 31.6 Å². The second kappa shape index (κ2) is 7.07. The summed E-state index contributed by atoms with van der Waals surface area (Å²) in [6.45, 7) is 3.95. The van der Waals surface area contributed by atoms with E-state index >= 15 is 0 Å². The predicted octanol–water partition coefficient (Wildman–Crippen LogP) is 2.38. The second-order valence-corrected chi connectivity index (χ2v) is 4.34. The quantitative estimate of drug-likeness (QED) is 0.709. The fourth-order valence-corrected chi connectivity index (χ4v) is 1.75. The fraction of sp³-hybridized carbons (Fsp3) is 0.500. The molecule has 0 amide bonds. The minimum atomic E-state index is -0.130. The van der Waals surface area contributed by atoms with Crippen LogP contribution < -0.4 is 0 Å². The topological polar surface area (TPSA) is 29.5 Å². The lowest BCUT2D eigenvalue weighted by atomic mass is 10.1. The van der Waals surface area contributed by atoms with Crippen LogP contribution in [0, 0.1) is 6.92 Å². The van der Waals surface area contributed by atoms with E-state index in [1.165, 1.54) is 18.2 Å². The zero-order chi connectivity index (χ0) is 12.7. The first-order valence-electron chi connectivity index (χ1n) is 5.93. The average Bonchev–Trinajstić information content (AvgIpc) is 2.32. The molecule has 0 heterocycles. The van der Waals surface area contributed by atoms with Crippen molar-refractivity contribution >= 4 is 5.97 Å². The van der Waals surface area contributed by atoms with E-state index in [1.54, 1.807) is 0 Å². The predicted molar refractivity (Wildman–Crippen MR) is 68.8 cm³/mol. The van der Waals surface area contributed by atoms with Gasteiger partial charge in [0.2, 0.25) is 0 Å². The molecule has 17 heavy (non-hydrogen) atoms. The molecule has 0 atom stereocenters. The molecule has 0 radical (unpaired) electrons. The van der Waals surface area contributed by atoms with Crippen LogP contribution in [0.1, 0.15) is 24.0 Å². The van der Waals surface area contributed by atoms with Crippen molar-refractivity contribution < 1.29 is 9.53 Å². The van der Waals surface area contributed by atoms with Gasteiger partial charge in [0.15, 0.2) is 0 Å². The SMILES string of the molecule is COC(=O)CCCN(C)Cc1ccccc1C. The molecule has 3 heteroatoms. The molecule has 0 aliphatic carbocycles. The third kappa shape index (κ3) is 5.00. The number of rotatable bonds is 6. The summed E-state index contributed by atoms with van der Waals surface area (Å²) in [7, 11) is 3.50. The molecule has 0 fully saturated rings. The van der Waals surface area contributed by atoms with E-state index in [1.807, 2.05) is 0 Å². The maximum absolute atomic E-state index is 11.0. The first kappa shape index (κ1) is 13.7. The van der Waals surface area contributed by atoms with Gasteiger partial charge in [-0.05, 0) is 38.1 Å². The Hall–Kier alpha value is -1.35. The van der Waals surface area contributed by atoms with E-state index in [0.29, 0.717) is 6.42 Å². The molecule has 3 nitrogen and oxygen atoms in total. The number of nitrogens with zero attached hydrogens (tertiary/aromatic N) is 1. The molecule has 0 spiro atoms. The summed E-state index contributed by atoms with van der Waals surface area (Å²) in [6, 6.07) is 8.38. The Kier molecular flexibility index (Phi) is 5.70. The van der Waals surface area contributed by atoms with Gasteiger partial charge < -0.3 is 9.64 Å². The van der Waals surface area contributed by atoms with Crippen LogP contribution in [0.4, 0.5) is 0 Å². The zero-order valence-electron chi connectivity index (χ0n) is 10.9. The molecule has 0 bridgehead atoms. The summed E-state index contributed by atoms with van der Waals surface area (Å²) < 4.78 is 4.61. The second-order valence-electron chi connectivity index (χ2n) is 4.34. The molecule has 0 saturated heterocycles. The summed E-state index contributed by atoms with van der Waals surface area (Å²) in [5.41, 5.74) is 2.65. The number of ether oxygens (including phenoxy) is 1. The van der Waals surface area contributed by atoms with Crippen LogP contribution in [0.15, 0.2) is 24.3 Å². The van der Waals surface area contributed by atoms with Crippen molar-refractivity contribution in [2.24, 2.45) is 0 Å². The molecule has 0 aliphatic rings. The van der Waals surface area contributed by atoms with Crippen molar-refractivity contribution in [3.05, 3.63) is 35.4 Å². The van der Waals surface area contributed by atoms with Gasteiger partial charge in [-0.3, -0.25) is 4.79 Å². The van der Waals surface area contributed by atoms with E-state index < -0.39 is 0 Å². The Balaban J connectivity index is 2.32. The summed E-state index contributed by atoms with van der Waals surface area (Å²) in [6.07, 6.45) is 1.34. The molecule has 0 saturated carbocycles. The van der Waals surface area contributed by atoms with E-state index in [9.17, 15) is 4.79 Å². The van der Waals surface area contributed by atoms with Crippen molar-refractivity contribution in [2.45, 2.75) is 26.3 Å². The number of carbonyl (C=O) groups is 1.